The first-order chi connectivity index (χ1) is 7.79. The predicted octanol–water partition coefficient (Wildman–Crippen LogP) is 2.47. The quantitative estimate of drug-likeness (QED) is 0.884. The van der Waals surface area contributed by atoms with Crippen molar-refractivity contribution in [2.24, 2.45) is 0 Å². The molecule has 0 aliphatic rings. The maximum Gasteiger partial charge on any atom is 0.136 e. The molecule has 0 saturated heterocycles. The molecule has 1 N–H and O–H groups in total. The van der Waals surface area contributed by atoms with Gasteiger partial charge in [0.2, 0.25) is 0 Å². The number of aryl methyl sites for hydroxylation is 1. The lowest BCUT2D eigenvalue weighted by Crippen LogP contribution is -1.99. The van der Waals surface area contributed by atoms with E-state index in [0.29, 0.717) is 6.61 Å². The van der Waals surface area contributed by atoms with Gasteiger partial charge in [0.1, 0.15) is 23.1 Å². The lowest BCUT2D eigenvalue weighted by Gasteiger charge is -2.05. The molecular weight excluding hydrogens is 222 g/mol. The number of anilines is 1. The summed E-state index contributed by atoms with van der Waals surface area (Å²) in [4.78, 5) is 0. The topological polar surface area (TPSA) is 47.0 Å². The fourth-order valence-corrected chi connectivity index (χ4v) is 1.87. The number of nitrogens with zero attached hydrogens (tertiary/aromatic N) is 2. The maximum atomic E-state index is 5.64. The average molecular weight is 235 g/mol. The van der Waals surface area contributed by atoms with Crippen LogP contribution in [0.25, 0.3) is 0 Å². The monoisotopic (exact) mass is 235 g/mol. The number of nitrogens with one attached hydrogen (secondary N) is 1. The second kappa shape index (κ2) is 4.94. The Bertz CT molecular complexity index is 470. The summed E-state index contributed by atoms with van der Waals surface area (Å²) in [6.07, 6.45) is 0. The molecule has 1 aromatic heterocycles. The van der Waals surface area contributed by atoms with Crippen molar-refractivity contribution in [3.8, 4) is 5.75 Å². The van der Waals surface area contributed by atoms with Gasteiger partial charge >= 0.3 is 0 Å². The van der Waals surface area contributed by atoms with Crippen LogP contribution in [0.3, 0.4) is 0 Å². The number of hydrogen-bond donors (Lipinski definition) is 1. The minimum absolute atomic E-state index is 0.441. The standard InChI is InChI=1S/C11H13N3OS/c1-8-4-3-5-9(6-8)15-7-10-11(12-2)16-14-13-10/h3-6,12H,7H2,1-2H3. The first kappa shape index (κ1) is 10.9. The van der Waals surface area contributed by atoms with Crippen LogP contribution >= 0.6 is 11.5 Å². The van der Waals surface area contributed by atoms with Gasteiger partial charge in [0.05, 0.1) is 0 Å². The first-order valence-corrected chi connectivity index (χ1v) is 5.75. The van der Waals surface area contributed by atoms with Crippen LogP contribution in [-0.2, 0) is 6.61 Å². The maximum absolute atomic E-state index is 5.64. The molecule has 0 unspecified atom stereocenters. The second-order valence-corrected chi connectivity index (χ2v) is 4.16. The van der Waals surface area contributed by atoms with Crippen molar-refractivity contribution in [3.63, 3.8) is 0 Å². The van der Waals surface area contributed by atoms with E-state index in [2.05, 4.69) is 14.9 Å². The van der Waals surface area contributed by atoms with E-state index in [0.717, 1.165) is 16.4 Å². The Morgan fingerprint density at radius 3 is 3.06 bits per heavy atom. The third kappa shape index (κ3) is 2.49. The number of hydrogen-bond acceptors (Lipinski definition) is 5. The van der Waals surface area contributed by atoms with Gasteiger partial charge < -0.3 is 10.1 Å². The van der Waals surface area contributed by atoms with E-state index >= 15 is 0 Å². The normalized spacial score (nSPS) is 10.1. The molecule has 0 aliphatic heterocycles. The highest BCUT2D eigenvalue weighted by Gasteiger charge is 2.06. The van der Waals surface area contributed by atoms with Crippen LogP contribution in [0.15, 0.2) is 24.3 Å². The Hall–Kier alpha value is -1.62. The van der Waals surface area contributed by atoms with Crippen molar-refractivity contribution >= 4 is 16.5 Å². The van der Waals surface area contributed by atoms with E-state index in [-0.39, 0.29) is 0 Å². The molecule has 5 heteroatoms. The molecule has 0 spiro atoms. The van der Waals surface area contributed by atoms with Crippen LogP contribution in [0.4, 0.5) is 5.00 Å². The highest BCUT2D eigenvalue weighted by Crippen LogP contribution is 2.19. The van der Waals surface area contributed by atoms with Gasteiger partial charge in [-0.25, -0.2) is 0 Å². The molecule has 1 aromatic carbocycles. The minimum Gasteiger partial charge on any atom is -0.487 e. The fraction of sp³-hybridized carbons (Fsp3) is 0.273. The molecule has 0 radical (unpaired) electrons. The van der Waals surface area contributed by atoms with Gasteiger partial charge in [-0.3, -0.25) is 0 Å². The number of aromatic nitrogens is 2. The van der Waals surface area contributed by atoms with Crippen LogP contribution < -0.4 is 10.1 Å². The van der Waals surface area contributed by atoms with Crippen LogP contribution in [0.5, 0.6) is 5.75 Å². The summed E-state index contributed by atoms with van der Waals surface area (Å²) in [5.41, 5.74) is 2.02. The first-order valence-electron chi connectivity index (χ1n) is 4.98. The molecule has 4 nitrogen and oxygen atoms in total. The Balaban J connectivity index is 2.02. The summed E-state index contributed by atoms with van der Waals surface area (Å²) in [7, 11) is 1.85. The zero-order valence-corrected chi connectivity index (χ0v) is 10.0. The molecule has 16 heavy (non-hydrogen) atoms. The molecule has 0 amide bonds. The molecular formula is C11H13N3OS. The average Bonchev–Trinajstić information content (AvgIpc) is 2.74. The van der Waals surface area contributed by atoms with Gasteiger partial charge in [-0.15, -0.1) is 5.10 Å². The van der Waals surface area contributed by atoms with Gasteiger partial charge in [-0.1, -0.05) is 16.6 Å². The number of rotatable bonds is 4. The fourth-order valence-electron chi connectivity index (χ4n) is 1.35. The van der Waals surface area contributed by atoms with Crippen molar-refractivity contribution in [1.29, 1.82) is 0 Å². The molecule has 0 bridgehead atoms. The highest BCUT2D eigenvalue weighted by atomic mass is 32.1. The third-order valence-electron chi connectivity index (χ3n) is 2.15. The number of ether oxygens (including phenoxy) is 1. The van der Waals surface area contributed by atoms with Crippen molar-refractivity contribution in [2.45, 2.75) is 13.5 Å². The van der Waals surface area contributed by atoms with Crippen molar-refractivity contribution in [1.82, 2.24) is 9.59 Å². The lowest BCUT2D eigenvalue weighted by molar-refractivity contribution is 0.301. The molecule has 84 valence electrons. The predicted molar refractivity (Wildman–Crippen MR) is 65.0 cm³/mol. The SMILES string of the molecule is CNc1snnc1COc1cccc(C)c1. The Morgan fingerprint density at radius 1 is 1.44 bits per heavy atom. The van der Waals surface area contributed by atoms with Crippen LogP contribution in [0.1, 0.15) is 11.3 Å². The molecule has 1 heterocycles. The molecule has 0 aliphatic carbocycles. The smallest absolute Gasteiger partial charge is 0.136 e. The van der Waals surface area contributed by atoms with Crippen molar-refractivity contribution < 1.29 is 4.74 Å². The Labute approximate surface area is 98.4 Å². The van der Waals surface area contributed by atoms with Crippen LogP contribution in [0.2, 0.25) is 0 Å². The third-order valence-corrected chi connectivity index (χ3v) is 2.93. The zero-order valence-electron chi connectivity index (χ0n) is 9.23. The van der Waals surface area contributed by atoms with E-state index in [4.69, 9.17) is 4.74 Å². The van der Waals surface area contributed by atoms with Gasteiger partial charge in [0.15, 0.2) is 0 Å². The largest absolute Gasteiger partial charge is 0.487 e. The summed E-state index contributed by atoms with van der Waals surface area (Å²) in [5, 5.41) is 7.99. The minimum atomic E-state index is 0.441. The van der Waals surface area contributed by atoms with Gasteiger partial charge in [0, 0.05) is 18.6 Å². The Morgan fingerprint density at radius 2 is 2.31 bits per heavy atom. The zero-order chi connectivity index (χ0) is 11.4. The van der Waals surface area contributed by atoms with E-state index in [1.165, 1.54) is 17.1 Å². The highest BCUT2D eigenvalue weighted by molar-refractivity contribution is 7.10. The molecule has 2 rings (SSSR count). The molecule has 0 saturated carbocycles. The lowest BCUT2D eigenvalue weighted by atomic mass is 10.2. The summed E-state index contributed by atoms with van der Waals surface area (Å²) in [5.74, 6) is 0.857. The van der Waals surface area contributed by atoms with Crippen LogP contribution in [0, 0.1) is 6.92 Å². The number of benzene rings is 1. The van der Waals surface area contributed by atoms with E-state index < -0.39 is 0 Å². The van der Waals surface area contributed by atoms with E-state index in [1.807, 2.05) is 38.2 Å². The summed E-state index contributed by atoms with van der Waals surface area (Å²) in [6.45, 7) is 2.48. The molecule has 0 atom stereocenters. The summed E-state index contributed by atoms with van der Waals surface area (Å²) < 4.78 is 9.51. The van der Waals surface area contributed by atoms with Crippen LogP contribution in [-0.4, -0.2) is 16.6 Å². The van der Waals surface area contributed by atoms with E-state index in [1.54, 1.807) is 0 Å². The Kier molecular flexibility index (Phi) is 3.36. The van der Waals surface area contributed by atoms with Gasteiger partial charge in [-0.05, 0) is 24.6 Å². The van der Waals surface area contributed by atoms with E-state index in [9.17, 15) is 0 Å². The molecule has 2 aromatic rings. The summed E-state index contributed by atoms with van der Waals surface area (Å²) in [6, 6.07) is 7.95. The van der Waals surface area contributed by atoms with Gasteiger partial charge in [0.25, 0.3) is 0 Å². The summed E-state index contributed by atoms with van der Waals surface area (Å²) >= 11 is 1.34. The second-order valence-electron chi connectivity index (χ2n) is 3.40. The molecule has 0 fully saturated rings. The van der Waals surface area contributed by atoms with Gasteiger partial charge in [-0.2, -0.15) is 0 Å². The van der Waals surface area contributed by atoms with Crippen molar-refractivity contribution in [3.05, 3.63) is 35.5 Å². The van der Waals surface area contributed by atoms with Crippen molar-refractivity contribution in [2.75, 3.05) is 12.4 Å².